The molecule has 0 atom stereocenters. The van der Waals surface area contributed by atoms with Crippen LogP contribution in [0.2, 0.25) is 5.02 Å². The quantitative estimate of drug-likeness (QED) is 0.731. The van der Waals surface area contributed by atoms with Crippen LogP contribution in [0.15, 0.2) is 24.3 Å². The van der Waals surface area contributed by atoms with Crippen molar-refractivity contribution in [2.45, 2.75) is 19.8 Å². The van der Waals surface area contributed by atoms with E-state index in [2.05, 4.69) is 17.6 Å². The van der Waals surface area contributed by atoms with Gasteiger partial charge in [-0.05, 0) is 37.1 Å². The number of halogens is 1. The molecular formula is C13H19ClN2O. The molecule has 1 aromatic carbocycles. The summed E-state index contributed by atoms with van der Waals surface area (Å²) >= 11 is 5.87. The summed E-state index contributed by atoms with van der Waals surface area (Å²) < 4.78 is 0. The molecule has 4 heteroatoms. The third kappa shape index (κ3) is 6.29. The Hall–Kier alpha value is -1.06. The van der Waals surface area contributed by atoms with Gasteiger partial charge in [0.1, 0.15) is 0 Å². The monoisotopic (exact) mass is 254 g/mol. The highest BCUT2D eigenvalue weighted by Crippen LogP contribution is 2.10. The SMILES string of the molecule is CCCNCC(=O)NCCc1cccc(Cl)c1. The van der Waals surface area contributed by atoms with E-state index in [0.29, 0.717) is 13.1 Å². The van der Waals surface area contributed by atoms with Gasteiger partial charge in [0.2, 0.25) is 5.91 Å². The van der Waals surface area contributed by atoms with Crippen LogP contribution >= 0.6 is 11.6 Å². The fourth-order valence-corrected chi connectivity index (χ4v) is 1.69. The Kier molecular flexibility index (Phi) is 6.67. The van der Waals surface area contributed by atoms with E-state index in [0.717, 1.165) is 30.0 Å². The highest BCUT2D eigenvalue weighted by Gasteiger charge is 1.99. The average Bonchev–Trinajstić information content (AvgIpc) is 2.29. The predicted molar refractivity (Wildman–Crippen MR) is 71.3 cm³/mol. The van der Waals surface area contributed by atoms with E-state index in [1.54, 1.807) is 0 Å². The minimum absolute atomic E-state index is 0.0421. The number of rotatable bonds is 7. The van der Waals surface area contributed by atoms with Gasteiger partial charge in [-0.3, -0.25) is 4.79 Å². The van der Waals surface area contributed by atoms with Gasteiger partial charge in [-0.25, -0.2) is 0 Å². The van der Waals surface area contributed by atoms with Crippen LogP contribution in [-0.4, -0.2) is 25.5 Å². The first-order valence-electron chi connectivity index (χ1n) is 5.94. The summed E-state index contributed by atoms with van der Waals surface area (Å²) in [5, 5.41) is 6.66. The number of hydrogen-bond donors (Lipinski definition) is 2. The summed E-state index contributed by atoms with van der Waals surface area (Å²) in [6.45, 7) is 3.99. The summed E-state index contributed by atoms with van der Waals surface area (Å²) in [5.74, 6) is 0.0421. The first kappa shape index (κ1) is 14.0. The molecule has 17 heavy (non-hydrogen) atoms. The van der Waals surface area contributed by atoms with Gasteiger partial charge in [-0.2, -0.15) is 0 Å². The second-order valence-electron chi connectivity index (χ2n) is 3.91. The van der Waals surface area contributed by atoms with Crippen molar-refractivity contribution in [1.82, 2.24) is 10.6 Å². The van der Waals surface area contributed by atoms with Crippen LogP contribution in [0, 0.1) is 0 Å². The molecule has 0 spiro atoms. The third-order valence-corrected chi connectivity index (χ3v) is 2.57. The van der Waals surface area contributed by atoms with Crippen LogP contribution in [0.4, 0.5) is 0 Å². The maximum atomic E-state index is 11.4. The van der Waals surface area contributed by atoms with Gasteiger partial charge >= 0.3 is 0 Å². The first-order valence-corrected chi connectivity index (χ1v) is 6.32. The maximum Gasteiger partial charge on any atom is 0.233 e. The Bertz CT molecular complexity index is 355. The zero-order chi connectivity index (χ0) is 12.5. The molecule has 0 saturated carbocycles. The van der Waals surface area contributed by atoms with Gasteiger partial charge in [0.05, 0.1) is 6.54 Å². The number of benzene rings is 1. The molecule has 0 radical (unpaired) electrons. The summed E-state index contributed by atoms with van der Waals surface area (Å²) in [6, 6.07) is 7.69. The standard InChI is InChI=1S/C13H19ClN2O/c1-2-7-15-10-13(17)16-8-6-11-4-3-5-12(14)9-11/h3-5,9,15H,2,6-8,10H2,1H3,(H,16,17). The van der Waals surface area contributed by atoms with Gasteiger partial charge in [0, 0.05) is 11.6 Å². The average molecular weight is 255 g/mol. The van der Waals surface area contributed by atoms with Crippen molar-refractivity contribution in [2.24, 2.45) is 0 Å². The maximum absolute atomic E-state index is 11.4. The summed E-state index contributed by atoms with van der Waals surface area (Å²) in [6.07, 6.45) is 1.84. The molecule has 1 rings (SSSR count). The molecule has 0 aliphatic carbocycles. The van der Waals surface area contributed by atoms with Crippen LogP contribution in [0.5, 0.6) is 0 Å². The van der Waals surface area contributed by atoms with Crippen LogP contribution in [0.25, 0.3) is 0 Å². The van der Waals surface area contributed by atoms with E-state index in [1.807, 2.05) is 24.3 Å². The minimum atomic E-state index is 0.0421. The van der Waals surface area contributed by atoms with E-state index >= 15 is 0 Å². The van der Waals surface area contributed by atoms with Crippen molar-refractivity contribution in [3.05, 3.63) is 34.9 Å². The van der Waals surface area contributed by atoms with E-state index < -0.39 is 0 Å². The Morgan fingerprint density at radius 2 is 2.18 bits per heavy atom. The zero-order valence-electron chi connectivity index (χ0n) is 10.1. The Morgan fingerprint density at radius 1 is 1.35 bits per heavy atom. The molecule has 0 aromatic heterocycles. The van der Waals surface area contributed by atoms with Crippen molar-refractivity contribution in [1.29, 1.82) is 0 Å². The van der Waals surface area contributed by atoms with Gasteiger partial charge in [0.15, 0.2) is 0 Å². The van der Waals surface area contributed by atoms with E-state index in [4.69, 9.17) is 11.6 Å². The lowest BCUT2D eigenvalue weighted by Crippen LogP contribution is -2.35. The minimum Gasteiger partial charge on any atom is -0.355 e. The number of carbonyl (C=O) groups excluding carboxylic acids is 1. The fourth-order valence-electron chi connectivity index (χ4n) is 1.48. The van der Waals surface area contributed by atoms with Crippen molar-refractivity contribution in [2.75, 3.05) is 19.6 Å². The van der Waals surface area contributed by atoms with Crippen LogP contribution in [-0.2, 0) is 11.2 Å². The molecule has 0 aliphatic rings. The Morgan fingerprint density at radius 3 is 2.88 bits per heavy atom. The van der Waals surface area contributed by atoms with Crippen molar-refractivity contribution >= 4 is 17.5 Å². The molecule has 0 fully saturated rings. The highest BCUT2D eigenvalue weighted by atomic mass is 35.5. The first-order chi connectivity index (χ1) is 8.22. The Labute approximate surface area is 108 Å². The highest BCUT2D eigenvalue weighted by molar-refractivity contribution is 6.30. The molecule has 3 nitrogen and oxygen atoms in total. The summed E-state index contributed by atoms with van der Waals surface area (Å²) in [4.78, 5) is 11.4. The number of hydrogen-bond acceptors (Lipinski definition) is 2. The number of amides is 1. The number of nitrogens with one attached hydrogen (secondary N) is 2. The summed E-state index contributed by atoms with van der Waals surface area (Å²) in [5.41, 5.74) is 1.14. The normalized spacial score (nSPS) is 10.2. The van der Waals surface area contributed by atoms with Gasteiger partial charge < -0.3 is 10.6 Å². The molecule has 0 aliphatic heterocycles. The molecule has 0 unspecified atom stereocenters. The molecule has 0 saturated heterocycles. The molecule has 1 aromatic rings. The van der Waals surface area contributed by atoms with E-state index in [1.165, 1.54) is 0 Å². The van der Waals surface area contributed by atoms with Gasteiger partial charge in [0.25, 0.3) is 0 Å². The molecule has 0 bridgehead atoms. The van der Waals surface area contributed by atoms with Gasteiger partial charge in [-0.15, -0.1) is 0 Å². The van der Waals surface area contributed by atoms with E-state index in [9.17, 15) is 4.79 Å². The molecular weight excluding hydrogens is 236 g/mol. The van der Waals surface area contributed by atoms with Crippen molar-refractivity contribution in [3.63, 3.8) is 0 Å². The second kappa shape index (κ2) is 8.09. The van der Waals surface area contributed by atoms with Crippen LogP contribution in [0.3, 0.4) is 0 Å². The molecule has 0 heterocycles. The molecule has 2 N–H and O–H groups in total. The fraction of sp³-hybridized carbons (Fsp3) is 0.462. The predicted octanol–water partition coefficient (Wildman–Crippen LogP) is 2.00. The number of carbonyl (C=O) groups is 1. The molecule has 94 valence electrons. The van der Waals surface area contributed by atoms with Crippen LogP contribution < -0.4 is 10.6 Å². The van der Waals surface area contributed by atoms with E-state index in [-0.39, 0.29) is 5.91 Å². The van der Waals surface area contributed by atoms with Gasteiger partial charge in [-0.1, -0.05) is 30.7 Å². The third-order valence-electron chi connectivity index (χ3n) is 2.34. The lowest BCUT2D eigenvalue weighted by atomic mass is 10.1. The van der Waals surface area contributed by atoms with Crippen molar-refractivity contribution in [3.8, 4) is 0 Å². The van der Waals surface area contributed by atoms with Crippen LogP contribution in [0.1, 0.15) is 18.9 Å². The zero-order valence-corrected chi connectivity index (χ0v) is 10.9. The lowest BCUT2D eigenvalue weighted by molar-refractivity contribution is -0.120. The van der Waals surface area contributed by atoms with Crippen molar-refractivity contribution < 1.29 is 4.79 Å². The smallest absolute Gasteiger partial charge is 0.233 e. The lowest BCUT2D eigenvalue weighted by Gasteiger charge is -2.06. The topological polar surface area (TPSA) is 41.1 Å². The molecule has 1 amide bonds. The Balaban J connectivity index is 2.17. The second-order valence-corrected chi connectivity index (χ2v) is 4.34. The largest absolute Gasteiger partial charge is 0.355 e. The summed E-state index contributed by atoms with van der Waals surface area (Å²) in [7, 11) is 0.